The molecule has 0 radical (unpaired) electrons. The van der Waals surface area contributed by atoms with E-state index in [1.165, 1.54) is 0 Å². The van der Waals surface area contributed by atoms with Crippen LogP contribution in [-0.4, -0.2) is 48.2 Å². The van der Waals surface area contributed by atoms with Crippen molar-refractivity contribution in [3.8, 4) is 0 Å². The minimum Gasteiger partial charge on any atom is -0.444 e. The molecule has 0 aromatic rings. The Morgan fingerprint density at radius 2 is 2.00 bits per heavy atom. The summed E-state index contributed by atoms with van der Waals surface area (Å²) in [5.74, 6) is 0.678. The summed E-state index contributed by atoms with van der Waals surface area (Å²) in [6.07, 6.45) is 3.03. The Labute approximate surface area is 120 Å². The van der Waals surface area contributed by atoms with E-state index in [0.717, 1.165) is 32.5 Å². The van der Waals surface area contributed by atoms with Crippen molar-refractivity contribution in [1.29, 1.82) is 0 Å². The van der Waals surface area contributed by atoms with Gasteiger partial charge in [-0.05, 0) is 46.0 Å². The van der Waals surface area contributed by atoms with E-state index < -0.39 is 5.60 Å². The van der Waals surface area contributed by atoms with Crippen molar-refractivity contribution in [2.75, 3.05) is 19.8 Å². The zero-order valence-corrected chi connectivity index (χ0v) is 12.7. The van der Waals surface area contributed by atoms with Crippen LogP contribution in [0.2, 0.25) is 0 Å². The van der Waals surface area contributed by atoms with Gasteiger partial charge in [-0.1, -0.05) is 0 Å². The molecule has 2 rings (SSSR count). The summed E-state index contributed by atoms with van der Waals surface area (Å²) >= 11 is 0. The van der Waals surface area contributed by atoms with Gasteiger partial charge in [0, 0.05) is 25.7 Å². The van der Waals surface area contributed by atoms with Gasteiger partial charge in [-0.25, -0.2) is 4.79 Å². The molecule has 1 amide bonds. The Kier molecular flexibility index (Phi) is 4.68. The fraction of sp³-hybridized carbons (Fsp3) is 0.867. The standard InChI is InChI=1S/C15H25NO4/c1-15(2,3)20-14(18)16-10-13(17)9-12(16)8-11-4-6-19-7-5-11/h11-12H,4-10H2,1-3H3. The van der Waals surface area contributed by atoms with Crippen LogP contribution in [-0.2, 0) is 14.3 Å². The molecule has 2 saturated heterocycles. The van der Waals surface area contributed by atoms with Crippen LogP contribution >= 0.6 is 0 Å². The molecule has 0 N–H and O–H groups in total. The van der Waals surface area contributed by atoms with Crippen molar-refractivity contribution < 1.29 is 19.1 Å². The molecule has 2 aliphatic rings. The first-order chi connectivity index (χ1) is 9.35. The Hall–Kier alpha value is -1.10. The van der Waals surface area contributed by atoms with Crippen molar-refractivity contribution in [2.24, 2.45) is 5.92 Å². The van der Waals surface area contributed by atoms with Gasteiger partial charge in [0.15, 0.2) is 5.78 Å². The smallest absolute Gasteiger partial charge is 0.410 e. The molecule has 5 heteroatoms. The molecule has 0 aromatic carbocycles. The third kappa shape index (κ3) is 4.20. The number of carbonyl (C=O) groups excluding carboxylic acids is 2. The largest absolute Gasteiger partial charge is 0.444 e. The lowest BCUT2D eigenvalue weighted by molar-refractivity contribution is -0.117. The first-order valence-electron chi connectivity index (χ1n) is 7.44. The molecule has 1 unspecified atom stereocenters. The quantitative estimate of drug-likeness (QED) is 0.781. The molecular formula is C15H25NO4. The number of ether oxygens (including phenoxy) is 2. The topological polar surface area (TPSA) is 55.8 Å². The molecule has 0 saturated carbocycles. The van der Waals surface area contributed by atoms with E-state index in [2.05, 4.69) is 0 Å². The molecule has 2 aliphatic heterocycles. The van der Waals surface area contributed by atoms with Crippen LogP contribution in [0.3, 0.4) is 0 Å². The van der Waals surface area contributed by atoms with Crippen molar-refractivity contribution >= 4 is 11.9 Å². The number of nitrogens with zero attached hydrogens (tertiary/aromatic N) is 1. The van der Waals surface area contributed by atoms with E-state index in [-0.39, 0.29) is 24.5 Å². The van der Waals surface area contributed by atoms with Gasteiger partial charge in [0.05, 0.1) is 6.54 Å². The van der Waals surface area contributed by atoms with Crippen LogP contribution < -0.4 is 0 Å². The summed E-state index contributed by atoms with van der Waals surface area (Å²) in [6, 6.07) is 0.000417. The number of likely N-dealkylation sites (tertiary alicyclic amines) is 1. The monoisotopic (exact) mass is 283 g/mol. The van der Waals surface area contributed by atoms with Gasteiger partial charge in [-0.3, -0.25) is 9.69 Å². The first kappa shape index (κ1) is 15.3. The van der Waals surface area contributed by atoms with Gasteiger partial charge >= 0.3 is 6.09 Å². The van der Waals surface area contributed by atoms with E-state index in [1.54, 1.807) is 4.90 Å². The van der Waals surface area contributed by atoms with Gasteiger partial charge in [0.2, 0.25) is 0 Å². The summed E-state index contributed by atoms with van der Waals surface area (Å²) in [6.45, 7) is 7.31. The normalized spacial score (nSPS) is 25.1. The van der Waals surface area contributed by atoms with Crippen LogP contribution in [0.5, 0.6) is 0 Å². The number of Topliss-reactive ketones (excluding diaryl/α,β-unsaturated/α-hetero) is 1. The van der Waals surface area contributed by atoms with Crippen molar-refractivity contribution in [1.82, 2.24) is 4.90 Å². The molecule has 2 fully saturated rings. The van der Waals surface area contributed by atoms with Crippen LogP contribution in [0.4, 0.5) is 4.79 Å². The molecule has 20 heavy (non-hydrogen) atoms. The molecule has 114 valence electrons. The summed E-state index contributed by atoms with van der Waals surface area (Å²) < 4.78 is 10.8. The predicted octanol–water partition coefficient (Wildman–Crippen LogP) is 2.38. The zero-order chi connectivity index (χ0) is 14.8. The second-order valence-corrected chi connectivity index (χ2v) is 6.80. The van der Waals surface area contributed by atoms with Gasteiger partial charge in [0.25, 0.3) is 0 Å². The highest BCUT2D eigenvalue weighted by molar-refractivity contribution is 5.88. The maximum atomic E-state index is 12.2. The molecule has 0 bridgehead atoms. The van der Waals surface area contributed by atoms with Crippen LogP contribution in [0.15, 0.2) is 0 Å². The third-order valence-corrected chi connectivity index (χ3v) is 3.83. The van der Waals surface area contributed by atoms with Gasteiger partial charge in [-0.15, -0.1) is 0 Å². The fourth-order valence-corrected chi connectivity index (χ4v) is 2.87. The lowest BCUT2D eigenvalue weighted by Crippen LogP contribution is -2.41. The highest BCUT2D eigenvalue weighted by atomic mass is 16.6. The number of hydrogen-bond acceptors (Lipinski definition) is 4. The minimum atomic E-state index is -0.522. The second kappa shape index (κ2) is 6.12. The second-order valence-electron chi connectivity index (χ2n) is 6.80. The highest BCUT2D eigenvalue weighted by Gasteiger charge is 2.37. The maximum absolute atomic E-state index is 12.2. The Balaban J connectivity index is 1.95. The Morgan fingerprint density at radius 1 is 1.35 bits per heavy atom. The van der Waals surface area contributed by atoms with E-state index in [9.17, 15) is 9.59 Å². The van der Waals surface area contributed by atoms with Crippen molar-refractivity contribution in [2.45, 2.75) is 58.1 Å². The number of carbonyl (C=O) groups is 2. The summed E-state index contributed by atoms with van der Waals surface area (Å²) in [4.78, 5) is 25.5. The van der Waals surface area contributed by atoms with Crippen LogP contribution in [0, 0.1) is 5.92 Å². The average molecular weight is 283 g/mol. The predicted molar refractivity (Wildman–Crippen MR) is 74.5 cm³/mol. The average Bonchev–Trinajstić information content (AvgIpc) is 2.69. The molecule has 1 atom stereocenters. The van der Waals surface area contributed by atoms with Gasteiger partial charge in [0.1, 0.15) is 5.60 Å². The van der Waals surface area contributed by atoms with E-state index in [1.807, 2.05) is 20.8 Å². The lowest BCUT2D eigenvalue weighted by atomic mass is 9.91. The fourth-order valence-electron chi connectivity index (χ4n) is 2.87. The van der Waals surface area contributed by atoms with E-state index >= 15 is 0 Å². The van der Waals surface area contributed by atoms with Crippen LogP contribution in [0.1, 0.15) is 46.5 Å². The van der Waals surface area contributed by atoms with Crippen molar-refractivity contribution in [3.63, 3.8) is 0 Å². The van der Waals surface area contributed by atoms with E-state index in [0.29, 0.717) is 12.3 Å². The summed E-state index contributed by atoms with van der Waals surface area (Å²) in [5.41, 5.74) is -0.522. The summed E-state index contributed by atoms with van der Waals surface area (Å²) in [5, 5.41) is 0. The molecule has 0 aromatic heterocycles. The molecular weight excluding hydrogens is 258 g/mol. The maximum Gasteiger partial charge on any atom is 0.410 e. The molecule has 0 spiro atoms. The number of hydrogen-bond donors (Lipinski definition) is 0. The highest BCUT2D eigenvalue weighted by Crippen LogP contribution is 2.28. The van der Waals surface area contributed by atoms with Crippen LogP contribution in [0.25, 0.3) is 0 Å². The third-order valence-electron chi connectivity index (χ3n) is 3.83. The number of amides is 1. The lowest BCUT2D eigenvalue weighted by Gasteiger charge is -2.31. The molecule has 5 nitrogen and oxygen atoms in total. The van der Waals surface area contributed by atoms with E-state index in [4.69, 9.17) is 9.47 Å². The Bertz CT molecular complexity index is 369. The molecule has 2 heterocycles. The van der Waals surface area contributed by atoms with Crippen molar-refractivity contribution in [3.05, 3.63) is 0 Å². The number of ketones is 1. The summed E-state index contributed by atoms with van der Waals surface area (Å²) in [7, 11) is 0. The molecule has 0 aliphatic carbocycles. The van der Waals surface area contributed by atoms with Gasteiger partial charge < -0.3 is 9.47 Å². The Morgan fingerprint density at radius 3 is 2.60 bits per heavy atom. The minimum absolute atomic E-state index is 0.000417. The number of rotatable bonds is 2. The zero-order valence-electron chi connectivity index (χ0n) is 12.7. The van der Waals surface area contributed by atoms with Gasteiger partial charge in [-0.2, -0.15) is 0 Å². The SMILES string of the molecule is CC(C)(C)OC(=O)N1CC(=O)CC1CC1CCOCC1. The first-order valence-corrected chi connectivity index (χ1v) is 7.44.